The molecule has 2 aromatic rings. The predicted octanol–water partition coefficient (Wildman–Crippen LogP) is 1.08. The second-order valence-corrected chi connectivity index (χ2v) is 4.43. The van der Waals surface area contributed by atoms with E-state index in [4.69, 9.17) is 9.84 Å². The number of anilines is 1. The van der Waals surface area contributed by atoms with Crippen molar-refractivity contribution in [2.45, 2.75) is 6.92 Å². The second-order valence-electron chi connectivity index (χ2n) is 4.43. The molecule has 0 aliphatic rings. The van der Waals surface area contributed by atoms with Gasteiger partial charge in [-0.05, 0) is 19.1 Å². The minimum absolute atomic E-state index is 0.0918. The van der Waals surface area contributed by atoms with Crippen LogP contribution in [0, 0.1) is 0 Å². The van der Waals surface area contributed by atoms with E-state index < -0.39 is 5.97 Å². The largest absolute Gasteiger partial charge is 0.461 e. The molecule has 2 rings (SSSR count). The van der Waals surface area contributed by atoms with E-state index in [9.17, 15) is 4.79 Å². The van der Waals surface area contributed by atoms with Crippen molar-refractivity contribution in [3.05, 3.63) is 30.0 Å². The van der Waals surface area contributed by atoms with Crippen LogP contribution >= 0.6 is 0 Å². The van der Waals surface area contributed by atoms with Crippen molar-refractivity contribution in [2.75, 3.05) is 31.7 Å². The number of carbonyl (C=O) groups excluding carboxylic acids is 1. The van der Waals surface area contributed by atoms with Gasteiger partial charge in [0.1, 0.15) is 5.69 Å². The molecule has 0 aliphatic carbocycles. The van der Waals surface area contributed by atoms with Gasteiger partial charge in [-0.15, -0.1) is 5.10 Å². The van der Waals surface area contributed by atoms with Crippen molar-refractivity contribution in [3.8, 4) is 11.3 Å². The van der Waals surface area contributed by atoms with E-state index in [1.807, 2.05) is 36.2 Å². The lowest BCUT2D eigenvalue weighted by Gasteiger charge is -2.17. The molecule has 7 heteroatoms. The summed E-state index contributed by atoms with van der Waals surface area (Å²) in [6, 6.07) is 7.50. The van der Waals surface area contributed by atoms with Crippen molar-refractivity contribution in [3.63, 3.8) is 0 Å². The minimum atomic E-state index is -0.497. The van der Waals surface area contributed by atoms with Crippen molar-refractivity contribution >= 4 is 11.7 Å². The maximum atomic E-state index is 11.8. The number of carbonyl (C=O) groups is 1. The van der Waals surface area contributed by atoms with Gasteiger partial charge in [0.05, 0.1) is 13.2 Å². The number of ether oxygens (including phenoxy) is 1. The Bertz CT molecular complexity index is 595. The van der Waals surface area contributed by atoms with Gasteiger partial charge >= 0.3 is 5.97 Å². The number of likely N-dealkylation sites (N-methyl/N-ethyl adjacent to an activating group) is 1. The lowest BCUT2D eigenvalue weighted by Crippen LogP contribution is -2.20. The van der Waals surface area contributed by atoms with Crippen LogP contribution in [0.15, 0.2) is 24.3 Å². The molecular weight excluding hydrogens is 272 g/mol. The zero-order valence-electron chi connectivity index (χ0n) is 12.0. The highest BCUT2D eigenvalue weighted by molar-refractivity contribution is 5.93. The number of aliphatic hydroxyl groups excluding tert-OH is 1. The van der Waals surface area contributed by atoms with Gasteiger partial charge in [0.15, 0.2) is 5.69 Å². The Balaban J connectivity index is 2.23. The third kappa shape index (κ3) is 3.38. The van der Waals surface area contributed by atoms with E-state index in [1.165, 1.54) is 0 Å². The van der Waals surface area contributed by atoms with Gasteiger partial charge in [0.2, 0.25) is 0 Å². The first-order chi connectivity index (χ1) is 10.2. The highest BCUT2D eigenvalue weighted by Gasteiger charge is 2.18. The molecule has 1 aromatic carbocycles. The zero-order chi connectivity index (χ0) is 15.2. The number of rotatable bonds is 6. The molecule has 0 spiro atoms. The number of hydrogen-bond acceptors (Lipinski definition) is 6. The molecule has 112 valence electrons. The third-order valence-electron chi connectivity index (χ3n) is 3.03. The monoisotopic (exact) mass is 290 g/mol. The number of esters is 1. The Hall–Kier alpha value is -2.41. The summed E-state index contributed by atoms with van der Waals surface area (Å²) < 4.78 is 4.94. The molecule has 0 bridgehead atoms. The summed E-state index contributed by atoms with van der Waals surface area (Å²) in [4.78, 5) is 13.7. The number of aliphatic hydroxyl groups is 1. The Labute approximate surface area is 122 Å². The predicted molar refractivity (Wildman–Crippen MR) is 78.1 cm³/mol. The van der Waals surface area contributed by atoms with Crippen LogP contribution in [0.1, 0.15) is 17.4 Å². The average molecular weight is 290 g/mol. The average Bonchev–Trinajstić information content (AvgIpc) is 2.97. The highest BCUT2D eigenvalue weighted by atomic mass is 16.5. The number of nitrogens with zero attached hydrogens (tertiary/aromatic N) is 3. The van der Waals surface area contributed by atoms with Gasteiger partial charge < -0.3 is 14.7 Å². The Morgan fingerprint density at radius 2 is 2.05 bits per heavy atom. The molecular formula is C14H18N4O3. The number of aromatic nitrogens is 3. The fourth-order valence-corrected chi connectivity index (χ4v) is 1.93. The number of H-pyrrole nitrogens is 1. The first-order valence-corrected chi connectivity index (χ1v) is 6.67. The Morgan fingerprint density at radius 3 is 2.67 bits per heavy atom. The normalized spacial score (nSPS) is 10.4. The smallest absolute Gasteiger partial charge is 0.361 e. The fourth-order valence-electron chi connectivity index (χ4n) is 1.93. The summed E-state index contributed by atoms with van der Waals surface area (Å²) in [6.07, 6.45) is 0. The number of benzene rings is 1. The molecule has 1 heterocycles. The maximum Gasteiger partial charge on any atom is 0.361 e. The topological polar surface area (TPSA) is 91.3 Å². The van der Waals surface area contributed by atoms with E-state index in [-0.39, 0.29) is 18.9 Å². The van der Waals surface area contributed by atoms with Crippen LogP contribution in [0.5, 0.6) is 0 Å². The summed E-state index contributed by atoms with van der Waals surface area (Å²) in [6.45, 7) is 2.67. The molecule has 0 amide bonds. The highest BCUT2D eigenvalue weighted by Crippen LogP contribution is 2.23. The third-order valence-corrected chi connectivity index (χ3v) is 3.03. The van der Waals surface area contributed by atoms with Crippen LogP contribution < -0.4 is 4.90 Å². The van der Waals surface area contributed by atoms with Crippen molar-refractivity contribution in [1.29, 1.82) is 0 Å². The fraction of sp³-hybridized carbons (Fsp3) is 0.357. The van der Waals surface area contributed by atoms with Crippen LogP contribution in [-0.4, -0.2) is 53.3 Å². The van der Waals surface area contributed by atoms with Crippen LogP contribution in [0.3, 0.4) is 0 Å². The SMILES string of the molecule is CCOC(=O)c1n[nH]nc1-c1ccc(N(C)CCO)cc1. The van der Waals surface area contributed by atoms with E-state index in [1.54, 1.807) is 6.92 Å². The first-order valence-electron chi connectivity index (χ1n) is 6.67. The van der Waals surface area contributed by atoms with E-state index in [0.29, 0.717) is 12.2 Å². The molecule has 1 aromatic heterocycles. The van der Waals surface area contributed by atoms with E-state index >= 15 is 0 Å². The number of hydrogen-bond donors (Lipinski definition) is 2. The molecule has 0 saturated carbocycles. The summed E-state index contributed by atoms with van der Waals surface area (Å²) in [5.41, 5.74) is 2.38. The Kier molecular flexibility index (Phi) is 4.89. The van der Waals surface area contributed by atoms with Crippen molar-refractivity contribution in [2.24, 2.45) is 0 Å². The lowest BCUT2D eigenvalue weighted by molar-refractivity contribution is 0.0520. The van der Waals surface area contributed by atoms with Gasteiger partial charge in [-0.3, -0.25) is 0 Å². The molecule has 0 atom stereocenters. The summed E-state index contributed by atoms with van der Waals surface area (Å²) in [5, 5.41) is 19.2. The summed E-state index contributed by atoms with van der Waals surface area (Å²) in [7, 11) is 1.89. The number of aromatic amines is 1. The van der Waals surface area contributed by atoms with Gasteiger partial charge in [-0.1, -0.05) is 12.1 Å². The molecule has 0 unspecified atom stereocenters. The maximum absolute atomic E-state index is 11.8. The van der Waals surface area contributed by atoms with Crippen LogP contribution in [0.4, 0.5) is 5.69 Å². The molecule has 0 saturated heterocycles. The summed E-state index contributed by atoms with van der Waals surface area (Å²) in [5.74, 6) is -0.497. The quantitative estimate of drug-likeness (QED) is 0.773. The molecule has 0 fully saturated rings. The lowest BCUT2D eigenvalue weighted by atomic mass is 10.1. The van der Waals surface area contributed by atoms with Gasteiger partial charge in [0, 0.05) is 24.8 Å². The zero-order valence-corrected chi connectivity index (χ0v) is 12.0. The van der Waals surface area contributed by atoms with E-state index in [2.05, 4.69) is 15.4 Å². The van der Waals surface area contributed by atoms with Gasteiger partial charge in [-0.2, -0.15) is 10.3 Å². The van der Waals surface area contributed by atoms with Gasteiger partial charge in [-0.25, -0.2) is 4.79 Å². The van der Waals surface area contributed by atoms with Crippen molar-refractivity contribution in [1.82, 2.24) is 15.4 Å². The molecule has 0 aliphatic heterocycles. The van der Waals surface area contributed by atoms with Crippen LogP contribution in [0.2, 0.25) is 0 Å². The Morgan fingerprint density at radius 1 is 1.33 bits per heavy atom. The van der Waals surface area contributed by atoms with Crippen LogP contribution in [-0.2, 0) is 4.74 Å². The minimum Gasteiger partial charge on any atom is -0.461 e. The first kappa shape index (κ1) is 15.0. The van der Waals surface area contributed by atoms with Crippen molar-refractivity contribution < 1.29 is 14.6 Å². The number of nitrogens with one attached hydrogen (secondary N) is 1. The van der Waals surface area contributed by atoms with E-state index in [0.717, 1.165) is 11.3 Å². The second kappa shape index (κ2) is 6.85. The summed E-state index contributed by atoms with van der Waals surface area (Å²) >= 11 is 0. The molecule has 7 nitrogen and oxygen atoms in total. The molecule has 2 N–H and O–H groups in total. The van der Waals surface area contributed by atoms with Gasteiger partial charge in [0.25, 0.3) is 0 Å². The molecule has 0 radical (unpaired) electrons. The molecule has 21 heavy (non-hydrogen) atoms. The van der Waals surface area contributed by atoms with Crippen LogP contribution in [0.25, 0.3) is 11.3 Å². The standard InChI is InChI=1S/C14H18N4O3/c1-3-21-14(20)13-12(15-17-16-13)10-4-6-11(7-5-10)18(2)8-9-19/h4-7,19H,3,8-9H2,1-2H3,(H,15,16,17).